The number of carboxylic acid groups (broad SMARTS) is 1. The molecule has 8 heteroatoms. The van der Waals surface area contributed by atoms with Crippen LogP contribution in [0.5, 0.6) is 5.75 Å². The standard InChI is InChI=1S/C20H23N5O3/c26-19(27)6-11-25-18-3-2-17(12-16(18)13-23-25)28-14-15-4-9-24(10-5-15)20-21-7-1-8-22-20/h1-3,7-8,12-13,15H,4-6,9-11,14H2,(H,26,27). The predicted octanol–water partition coefficient (Wildman–Crippen LogP) is 2.60. The van der Waals surface area contributed by atoms with Gasteiger partial charge in [0.1, 0.15) is 5.75 Å². The Morgan fingerprint density at radius 2 is 2.00 bits per heavy atom. The Bertz CT molecular complexity index is 935. The van der Waals surface area contributed by atoms with Crippen LogP contribution in [0.3, 0.4) is 0 Å². The SMILES string of the molecule is O=C(O)CCn1ncc2cc(OCC3CCN(c4ncccn4)CC3)ccc21. The normalized spacial score (nSPS) is 15.1. The number of aryl methyl sites for hydroxylation is 1. The van der Waals surface area contributed by atoms with E-state index in [1.165, 1.54) is 0 Å². The number of aromatic nitrogens is 4. The zero-order chi connectivity index (χ0) is 19.3. The molecule has 1 aromatic carbocycles. The molecular weight excluding hydrogens is 358 g/mol. The maximum atomic E-state index is 10.8. The number of anilines is 1. The molecule has 0 saturated carbocycles. The number of fused-ring (bicyclic) bond motifs is 1. The lowest BCUT2D eigenvalue weighted by Crippen LogP contribution is -2.36. The number of hydrogen-bond donors (Lipinski definition) is 1. The number of ether oxygens (including phenoxy) is 1. The number of nitrogens with zero attached hydrogens (tertiary/aromatic N) is 5. The summed E-state index contributed by atoms with van der Waals surface area (Å²) in [6.45, 7) is 2.92. The van der Waals surface area contributed by atoms with Crippen molar-refractivity contribution >= 4 is 22.8 Å². The maximum absolute atomic E-state index is 10.8. The molecule has 1 N–H and O–H groups in total. The van der Waals surface area contributed by atoms with Gasteiger partial charge in [-0.2, -0.15) is 5.10 Å². The first kappa shape index (κ1) is 18.2. The Morgan fingerprint density at radius 1 is 1.21 bits per heavy atom. The lowest BCUT2D eigenvalue weighted by molar-refractivity contribution is -0.137. The summed E-state index contributed by atoms with van der Waals surface area (Å²) in [6.07, 6.45) is 7.46. The smallest absolute Gasteiger partial charge is 0.305 e. The molecule has 0 bridgehead atoms. The van der Waals surface area contributed by atoms with Crippen molar-refractivity contribution in [2.45, 2.75) is 25.8 Å². The second-order valence-electron chi connectivity index (χ2n) is 7.02. The molecule has 3 aromatic rings. The number of piperidine rings is 1. The fourth-order valence-corrected chi connectivity index (χ4v) is 3.50. The van der Waals surface area contributed by atoms with Crippen LogP contribution in [-0.4, -0.2) is 50.5 Å². The van der Waals surface area contributed by atoms with Gasteiger partial charge < -0.3 is 14.7 Å². The molecule has 1 aliphatic heterocycles. The molecule has 8 nitrogen and oxygen atoms in total. The third-order valence-corrected chi connectivity index (χ3v) is 5.09. The average Bonchev–Trinajstić information content (AvgIpc) is 3.14. The summed E-state index contributed by atoms with van der Waals surface area (Å²) >= 11 is 0. The van der Waals surface area contributed by atoms with Gasteiger partial charge in [-0.1, -0.05) is 0 Å². The molecule has 146 valence electrons. The van der Waals surface area contributed by atoms with Gasteiger partial charge in [0, 0.05) is 30.9 Å². The topological polar surface area (TPSA) is 93.4 Å². The number of aliphatic carboxylic acids is 1. The van der Waals surface area contributed by atoms with E-state index in [9.17, 15) is 4.79 Å². The number of benzene rings is 1. The minimum absolute atomic E-state index is 0.0573. The Labute approximate surface area is 162 Å². The molecule has 0 spiro atoms. The van der Waals surface area contributed by atoms with E-state index in [2.05, 4.69) is 20.0 Å². The van der Waals surface area contributed by atoms with Gasteiger partial charge in [0.15, 0.2) is 0 Å². The van der Waals surface area contributed by atoms with E-state index in [1.807, 2.05) is 24.3 Å². The van der Waals surface area contributed by atoms with Gasteiger partial charge in [-0.3, -0.25) is 9.48 Å². The Balaban J connectivity index is 1.30. The van der Waals surface area contributed by atoms with Gasteiger partial charge in [0.25, 0.3) is 0 Å². The third-order valence-electron chi connectivity index (χ3n) is 5.09. The Hall–Kier alpha value is -3.16. The summed E-state index contributed by atoms with van der Waals surface area (Å²) in [7, 11) is 0. The summed E-state index contributed by atoms with van der Waals surface area (Å²) < 4.78 is 7.74. The first-order valence-corrected chi connectivity index (χ1v) is 9.51. The largest absolute Gasteiger partial charge is 0.493 e. The summed E-state index contributed by atoms with van der Waals surface area (Å²) in [5.74, 6) is 1.30. The molecule has 0 atom stereocenters. The van der Waals surface area contributed by atoms with Crippen molar-refractivity contribution in [1.29, 1.82) is 0 Å². The first-order valence-electron chi connectivity index (χ1n) is 9.51. The first-order chi connectivity index (χ1) is 13.7. The van der Waals surface area contributed by atoms with Crippen molar-refractivity contribution in [3.63, 3.8) is 0 Å². The molecule has 0 unspecified atom stereocenters. The molecule has 3 heterocycles. The summed E-state index contributed by atoms with van der Waals surface area (Å²) in [4.78, 5) is 21.6. The molecule has 2 aromatic heterocycles. The molecule has 0 amide bonds. The van der Waals surface area contributed by atoms with Crippen LogP contribution in [-0.2, 0) is 11.3 Å². The zero-order valence-electron chi connectivity index (χ0n) is 15.6. The van der Waals surface area contributed by atoms with Gasteiger partial charge >= 0.3 is 5.97 Å². The summed E-state index contributed by atoms with van der Waals surface area (Å²) in [6, 6.07) is 7.66. The molecule has 28 heavy (non-hydrogen) atoms. The van der Waals surface area contributed by atoms with Gasteiger partial charge in [0.05, 0.1) is 31.3 Å². The molecule has 4 rings (SSSR count). The van der Waals surface area contributed by atoms with E-state index in [1.54, 1.807) is 23.3 Å². The number of hydrogen-bond acceptors (Lipinski definition) is 6. The van der Waals surface area contributed by atoms with Crippen LogP contribution in [0.4, 0.5) is 5.95 Å². The number of carboxylic acids is 1. The van der Waals surface area contributed by atoms with Crippen molar-refractivity contribution < 1.29 is 14.6 Å². The van der Waals surface area contributed by atoms with Crippen LogP contribution in [0, 0.1) is 5.92 Å². The molecule has 0 aliphatic carbocycles. The quantitative estimate of drug-likeness (QED) is 0.672. The molecule has 0 radical (unpaired) electrons. The van der Waals surface area contributed by atoms with Crippen LogP contribution in [0.1, 0.15) is 19.3 Å². The van der Waals surface area contributed by atoms with Crippen LogP contribution in [0.15, 0.2) is 42.9 Å². The van der Waals surface area contributed by atoms with Crippen molar-refractivity contribution in [3.05, 3.63) is 42.9 Å². The monoisotopic (exact) mass is 381 g/mol. The number of rotatable bonds is 7. The minimum atomic E-state index is -0.825. The molecule has 1 aliphatic rings. The highest BCUT2D eigenvalue weighted by atomic mass is 16.5. The Morgan fingerprint density at radius 3 is 2.75 bits per heavy atom. The Kier molecular flexibility index (Phi) is 5.36. The lowest BCUT2D eigenvalue weighted by Gasteiger charge is -2.31. The maximum Gasteiger partial charge on any atom is 0.305 e. The highest BCUT2D eigenvalue weighted by Gasteiger charge is 2.21. The summed E-state index contributed by atoms with van der Waals surface area (Å²) in [5, 5.41) is 14.1. The molecule has 1 fully saturated rings. The second-order valence-corrected chi connectivity index (χ2v) is 7.02. The van der Waals surface area contributed by atoms with E-state index >= 15 is 0 Å². The lowest BCUT2D eigenvalue weighted by atomic mass is 9.98. The van der Waals surface area contributed by atoms with E-state index in [-0.39, 0.29) is 6.42 Å². The van der Waals surface area contributed by atoms with Crippen molar-refractivity contribution in [2.24, 2.45) is 5.92 Å². The van der Waals surface area contributed by atoms with Gasteiger partial charge in [-0.25, -0.2) is 9.97 Å². The van der Waals surface area contributed by atoms with Gasteiger partial charge in [-0.05, 0) is 43.0 Å². The van der Waals surface area contributed by atoms with E-state index in [0.717, 1.165) is 48.5 Å². The van der Waals surface area contributed by atoms with Gasteiger partial charge in [-0.15, -0.1) is 0 Å². The van der Waals surface area contributed by atoms with Crippen LogP contribution in [0.25, 0.3) is 10.9 Å². The highest BCUT2D eigenvalue weighted by Crippen LogP contribution is 2.24. The van der Waals surface area contributed by atoms with E-state index < -0.39 is 5.97 Å². The predicted molar refractivity (Wildman–Crippen MR) is 104 cm³/mol. The van der Waals surface area contributed by atoms with Crippen molar-refractivity contribution in [2.75, 3.05) is 24.6 Å². The second kappa shape index (κ2) is 8.24. The minimum Gasteiger partial charge on any atom is -0.493 e. The van der Waals surface area contributed by atoms with Crippen molar-refractivity contribution in [3.8, 4) is 5.75 Å². The van der Waals surface area contributed by atoms with Gasteiger partial charge in [0.2, 0.25) is 5.95 Å². The van der Waals surface area contributed by atoms with Crippen LogP contribution >= 0.6 is 0 Å². The average molecular weight is 381 g/mol. The third kappa shape index (κ3) is 4.21. The fraction of sp³-hybridized carbons (Fsp3) is 0.400. The van der Waals surface area contributed by atoms with Crippen LogP contribution < -0.4 is 9.64 Å². The van der Waals surface area contributed by atoms with E-state index in [0.29, 0.717) is 19.1 Å². The summed E-state index contributed by atoms with van der Waals surface area (Å²) in [5.41, 5.74) is 0.921. The zero-order valence-corrected chi connectivity index (χ0v) is 15.6. The van der Waals surface area contributed by atoms with Crippen LogP contribution in [0.2, 0.25) is 0 Å². The van der Waals surface area contributed by atoms with Crippen molar-refractivity contribution in [1.82, 2.24) is 19.7 Å². The molecular formula is C20H23N5O3. The fourth-order valence-electron chi connectivity index (χ4n) is 3.50. The number of carbonyl (C=O) groups is 1. The molecule has 1 saturated heterocycles. The highest BCUT2D eigenvalue weighted by molar-refractivity contribution is 5.80. The van der Waals surface area contributed by atoms with E-state index in [4.69, 9.17) is 9.84 Å².